The summed E-state index contributed by atoms with van der Waals surface area (Å²) in [6, 6.07) is 1.83. The molecular weight excluding hydrogens is 214 g/mol. The summed E-state index contributed by atoms with van der Waals surface area (Å²) < 4.78 is 9.53. The van der Waals surface area contributed by atoms with Gasteiger partial charge in [0.05, 0.1) is 19.3 Å². The summed E-state index contributed by atoms with van der Waals surface area (Å²) in [5, 5.41) is 10.9. The molecule has 0 saturated carbocycles. The molecule has 0 spiro atoms. The molecule has 0 aliphatic rings. The monoisotopic (exact) mass is 227 g/mol. The maximum absolute atomic E-state index is 11.3. The van der Waals surface area contributed by atoms with Crippen LogP contribution in [0, 0.1) is 10.1 Å². The SMILES string of the molecule is CCC(c1ccco1)C(C(=O)OC)[N+](=O)[O-]. The highest BCUT2D eigenvalue weighted by molar-refractivity contribution is 5.75. The minimum atomic E-state index is -1.42. The van der Waals surface area contributed by atoms with E-state index in [-0.39, 0.29) is 0 Å². The molecule has 1 aromatic heterocycles. The lowest BCUT2D eigenvalue weighted by molar-refractivity contribution is -0.515. The summed E-state index contributed by atoms with van der Waals surface area (Å²) in [5.74, 6) is -1.03. The smallest absolute Gasteiger partial charge is 0.382 e. The van der Waals surface area contributed by atoms with Gasteiger partial charge in [-0.1, -0.05) is 6.92 Å². The highest BCUT2D eigenvalue weighted by atomic mass is 16.6. The van der Waals surface area contributed by atoms with Crippen LogP contribution in [-0.2, 0) is 9.53 Å². The molecule has 1 rings (SSSR count). The van der Waals surface area contributed by atoms with Crippen molar-refractivity contribution in [1.82, 2.24) is 0 Å². The highest BCUT2D eigenvalue weighted by Crippen LogP contribution is 2.26. The third-order valence-corrected chi connectivity index (χ3v) is 2.40. The van der Waals surface area contributed by atoms with Crippen molar-refractivity contribution >= 4 is 5.97 Å². The summed E-state index contributed by atoms with van der Waals surface area (Å²) in [6.45, 7) is 1.76. The lowest BCUT2D eigenvalue weighted by atomic mass is 9.95. The van der Waals surface area contributed by atoms with Crippen LogP contribution >= 0.6 is 0 Å². The van der Waals surface area contributed by atoms with E-state index in [2.05, 4.69) is 4.74 Å². The number of carbonyl (C=O) groups is 1. The molecule has 6 nitrogen and oxygen atoms in total. The van der Waals surface area contributed by atoms with Gasteiger partial charge in [0.25, 0.3) is 0 Å². The van der Waals surface area contributed by atoms with Crippen LogP contribution in [-0.4, -0.2) is 24.0 Å². The number of rotatable bonds is 5. The van der Waals surface area contributed by atoms with Crippen molar-refractivity contribution in [2.75, 3.05) is 7.11 Å². The first-order chi connectivity index (χ1) is 7.61. The fourth-order valence-corrected chi connectivity index (χ4v) is 1.60. The maximum Gasteiger partial charge on any atom is 0.382 e. The number of esters is 1. The summed E-state index contributed by atoms with van der Waals surface area (Å²) >= 11 is 0. The zero-order chi connectivity index (χ0) is 12.1. The Hall–Kier alpha value is -1.85. The van der Waals surface area contributed by atoms with Crippen LogP contribution in [0.5, 0.6) is 0 Å². The number of carbonyl (C=O) groups excluding carboxylic acids is 1. The first-order valence-corrected chi connectivity index (χ1v) is 4.86. The third-order valence-electron chi connectivity index (χ3n) is 2.40. The lowest BCUT2D eigenvalue weighted by Gasteiger charge is -2.15. The molecule has 1 aromatic rings. The van der Waals surface area contributed by atoms with Crippen molar-refractivity contribution in [3.63, 3.8) is 0 Å². The van der Waals surface area contributed by atoms with Crippen LogP contribution in [0.3, 0.4) is 0 Å². The average molecular weight is 227 g/mol. The minimum Gasteiger partial charge on any atom is -0.469 e. The van der Waals surface area contributed by atoms with E-state index >= 15 is 0 Å². The van der Waals surface area contributed by atoms with Crippen LogP contribution < -0.4 is 0 Å². The van der Waals surface area contributed by atoms with E-state index in [0.29, 0.717) is 12.2 Å². The van der Waals surface area contributed by atoms with E-state index in [4.69, 9.17) is 4.42 Å². The Morgan fingerprint density at radius 1 is 1.69 bits per heavy atom. The molecule has 0 aliphatic heterocycles. The number of nitro groups is 1. The fourth-order valence-electron chi connectivity index (χ4n) is 1.60. The quantitative estimate of drug-likeness (QED) is 0.433. The van der Waals surface area contributed by atoms with Crippen LogP contribution in [0.1, 0.15) is 25.0 Å². The molecule has 6 heteroatoms. The van der Waals surface area contributed by atoms with Gasteiger partial charge in [-0.05, 0) is 18.6 Å². The third kappa shape index (κ3) is 2.39. The summed E-state index contributed by atoms with van der Waals surface area (Å²) in [4.78, 5) is 21.6. The first kappa shape index (κ1) is 12.2. The van der Waals surface area contributed by atoms with E-state index in [1.54, 1.807) is 19.1 Å². The predicted octanol–water partition coefficient (Wildman–Crippen LogP) is 1.59. The molecule has 1 heterocycles. The van der Waals surface area contributed by atoms with E-state index in [1.165, 1.54) is 6.26 Å². The van der Waals surface area contributed by atoms with E-state index in [1.807, 2.05) is 0 Å². The molecule has 0 amide bonds. The van der Waals surface area contributed by atoms with Gasteiger partial charge in [-0.3, -0.25) is 10.1 Å². The molecule has 0 bridgehead atoms. The van der Waals surface area contributed by atoms with Crippen molar-refractivity contribution < 1.29 is 18.9 Å². The fraction of sp³-hybridized carbons (Fsp3) is 0.500. The van der Waals surface area contributed by atoms with Gasteiger partial charge in [-0.25, -0.2) is 4.79 Å². The molecule has 0 radical (unpaired) electrons. The van der Waals surface area contributed by atoms with Crippen molar-refractivity contribution in [2.45, 2.75) is 25.3 Å². The first-order valence-electron chi connectivity index (χ1n) is 4.86. The predicted molar refractivity (Wildman–Crippen MR) is 54.5 cm³/mol. The lowest BCUT2D eigenvalue weighted by Crippen LogP contribution is -2.36. The zero-order valence-corrected chi connectivity index (χ0v) is 9.08. The second-order valence-electron chi connectivity index (χ2n) is 3.28. The van der Waals surface area contributed by atoms with Crippen molar-refractivity contribution in [2.24, 2.45) is 0 Å². The molecule has 0 fully saturated rings. The molecule has 0 aliphatic carbocycles. The largest absolute Gasteiger partial charge is 0.469 e. The molecular formula is C10H13NO5. The van der Waals surface area contributed by atoms with Crippen LogP contribution in [0.2, 0.25) is 0 Å². The van der Waals surface area contributed by atoms with Gasteiger partial charge in [-0.2, -0.15) is 0 Å². The van der Waals surface area contributed by atoms with Crippen LogP contribution in [0.25, 0.3) is 0 Å². The Labute approximate surface area is 92.3 Å². The van der Waals surface area contributed by atoms with Gasteiger partial charge >= 0.3 is 12.0 Å². The van der Waals surface area contributed by atoms with Gasteiger partial charge in [0.15, 0.2) is 0 Å². The summed E-state index contributed by atoms with van der Waals surface area (Å²) in [7, 11) is 1.13. The molecule has 0 N–H and O–H groups in total. The van der Waals surface area contributed by atoms with E-state index in [0.717, 1.165) is 7.11 Å². The van der Waals surface area contributed by atoms with Crippen molar-refractivity contribution in [1.29, 1.82) is 0 Å². The molecule has 2 atom stereocenters. The Bertz CT molecular complexity index is 359. The van der Waals surface area contributed by atoms with Gasteiger partial charge in [0.1, 0.15) is 5.76 Å². The van der Waals surface area contributed by atoms with E-state index in [9.17, 15) is 14.9 Å². The number of ether oxygens (including phenoxy) is 1. The number of furan rings is 1. The van der Waals surface area contributed by atoms with Crippen molar-refractivity contribution in [3.8, 4) is 0 Å². The Morgan fingerprint density at radius 3 is 2.75 bits per heavy atom. The maximum atomic E-state index is 11.3. The number of nitrogens with zero attached hydrogens (tertiary/aromatic N) is 1. The Balaban J connectivity index is 3.00. The normalized spacial score (nSPS) is 14.1. The Morgan fingerprint density at radius 2 is 2.38 bits per heavy atom. The van der Waals surface area contributed by atoms with Gasteiger partial charge in [0.2, 0.25) is 0 Å². The summed E-state index contributed by atoms with van der Waals surface area (Å²) in [6.07, 6.45) is 1.85. The highest BCUT2D eigenvalue weighted by Gasteiger charge is 2.41. The van der Waals surface area contributed by atoms with Gasteiger partial charge in [0, 0.05) is 4.92 Å². The molecule has 88 valence electrons. The van der Waals surface area contributed by atoms with Crippen molar-refractivity contribution in [3.05, 3.63) is 34.3 Å². The number of methoxy groups -OCH3 is 1. The zero-order valence-electron chi connectivity index (χ0n) is 9.08. The minimum absolute atomic E-state index is 0.425. The second kappa shape index (κ2) is 5.29. The van der Waals surface area contributed by atoms with Gasteiger partial charge in [-0.15, -0.1) is 0 Å². The molecule has 0 aromatic carbocycles. The van der Waals surface area contributed by atoms with E-state index < -0.39 is 22.9 Å². The average Bonchev–Trinajstić information content (AvgIpc) is 2.77. The number of hydrogen-bond acceptors (Lipinski definition) is 5. The second-order valence-corrected chi connectivity index (χ2v) is 3.28. The van der Waals surface area contributed by atoms with Crippen LogP contribution in [0.15, 0.2) is 22.8 Å². The standard InChI is InChI=1S/C10H13NO5/c1-3-7(8-5-4-6-16-8)9(11(13)14)10(12)15-2/h4-7,9H,3H2,1-2H3. The van der Waals surface area contributed by atoms with Gasteiger partial charge < -0.3 is 9.15 Å². The topological polar surface area (TPSA) is 82.6 Å². The Kier molecular flexibility index (Phi) is 4.04. The molecule has 2 unspecified atom stereocenters. The molecule has 16 heavy (non-hydrogen) atoms. The summed E-state index contributed by atoms with van der Waals surface area (Å²) in [5.41, 5.74) is 0. The molecule has 0 saturated heterocycles. The van der Waals surface area contributed by atoms with Crippen LogP contribution in [0.4, 0.5) is 0 Å². The number of hydrogen-bond donors (Lipinski definition) is 0.